The van der Waals surface area contributed by atoms with Crippen molar-refractivity contribution in [2.75, 3.05) is 37.8 Å². The average Bonchev–Trinajstić information content (AvgIpc) is 2.39. The average molecular weight is 301 g/mol. The summed E-state index contributed by atoms with van der Waals surface area (Å²) in [4.78, 5) is 6.18. The smallest absolute Gasteiger partial charge is 0.210 e. The Bertz CT molecular complexity index is 539. The van der Waals surface area contributed by atoms with Crippen molar-refractivity contribution in [1.82, 2.24) is 9.29 Å². The predicted octanol–water partition coefficient (Wildman–Crippen LogP) is 1.33. The number of halogens is 1. The Morgan fingerprint density at radius 1 is 1.40 bits per heavy atom. The molecule has 1 saturated heterocycles. The molecule has 0 spiro atoms. The van der Waals surface area contributed by atoms with Gasteiger partial charge in [0, 0.05) is 26.7 Å². The number of nitrogens with zero attached hydrogens (tertiary/aromatic N) is 3. The largest absolute Gasteiger partial charge is 0.357 e. The Hall–Kier alpha value is -1.21. The minimum absolute atomic E-state index is 0.335. The number of rotatable bonds is 4. The molecule has 0 amide bonds. The molecule has 7 heteroatoms. The van der Waals surface area contributed by atoms with E-state index in [2.05, 4.69) is 9.88 Å². The summed E-state index contributed by atoms with van der Waals surface area (Å²) in [5, 5.41) is 0. The van der Waals surface area contributed by atoms with Crippen LogP contribution in [0.3, 0.4) is 0 Å². The van der Waals surface area contributed by atoms with Gasteiger partial charge in [0.05, 0.1) is 12.5 Å². The Morgan fingerprint density at radius 2 is 2.05 bits per heavy atom. The molecule has 0 saturated carbocycles. The lowest BCUT2D eigenvalue weighted by molar-refractivity contribution is 0.328. The molecule has 0 atom stereocenters. The summed E-state index contributed by atoms with van der Waals surface area (Å²) >= 11 is 0. The molecule has 1 aliphatic heterocycles. The molecule has 1 fully saturated rings. The van der Waals surface area contributed by atoms with Gasteiger partial charge in [-0.1, -0.05) is 0 Å². The van der Waals surface area contributed by atoms with Gasteiger partial charge in [0.25, 0.3) is 0 Å². The molecule has 112 valence electrons. The Balaban J connectivity index is 1.88. The lowest BCUT2D eigenvalue weighted by Crippen LogP contribution is -2.39. The van der Waals surface area contributed by atoms with Gasteiger partial charge >= 0.3 is 0 Å². The van der Waals surface area contributed by atoms with E-state index >= 15 is 0 Å². The van der Waals surface area contributed by atoms with Crippen LogP contribution in [0.5, 0.6) is 0 Å². The number of sulfonamides is 1. The van der Waals surface area contributed by atoms with Crippen LogP contribution in [0.15, 0.2) is 18.3 Å². The fourth-order valence-corrected chi connectivity index (χ4v) is 2.88. The maximum Gasteiger partial charge on any atom is 0.210 e. The van der Waals surface area contributed by atoms with Crippen molar-refractivity contribution >= 4 is 15.8 Å². The van der Waals surface area contributed by atoms with Crippen molar-refractivity contribution in [3.8, 4) is 0 Å². The van der Waals surface area contributed by atoms with Crippen molar-refractivity contribution in [3.05, 3.63) is 24.1 Å². The monoisotopic (exact) mass is 301 g/mol. The summed E-state index contributed by atoms with van der Waals surface area (Å²) < 4.78 is 37.0. The van der Waals surface area contributed by atoms with E-state index in [1.54, 1.807) is 13.1 Å². The van der Waals surface area contributed by atoms with Gasteiger partial charge in [0.15, 0.2) is 0 Å². The molecule has 0 aromatic carbocycles. The van der Waals surface area contributed by atoms with Crippen LogP contribution >= 0.6 is 0 Å². The van der Waals surface area contributed by atoms with E-state index < -0.39 is 10.0 Å². The maximum atomic E-state index is 12.8. The zero-order valence-corrected chi connectivity index (χ0v) is 12.6. The molecular weight excluding hydrogens is 281 g/mol. The number of anilines is 1. The highest BCUT2D eigenvalue weighted by Crippen LogP contribution is 2.22. The minimum atomic E-state index is -3.11. The first-order valence-corrected chi connectivity index (χ1v) is 8.49. The zero-order valence-electron chi connectivity index (χ0n) is 11.8. The van der Waals surface area contributed by atoms with Gasteiger partial charge in [-0.15, -0.1) is 0 Å². The van der Waals surface area contributed by atoms with Crippen LogP contribution in [0, 0.1) is 11.7 Å². The van der Waals surface area contributed by atoms with Gasteiger partial charge in [0.1, 0.15) is 11.6 Å². The maximum absolute atomic E-state index is 12.8. The summed E-state index contributed by atoms with van der Waals surface area (Å²) in [7, 11) is -1.49. The number of aromatic nitrogens is 1. The number of hydrogen-bond acceptors (Lipinski definition) is 4. The van der Waals surface area contributed by atoms with E-state index in [-0.39, 0.29) is 5.82 Å². The molecule has 20 heavy (non-hydrogen) atoms. The molecule has 1 aromatic rings. The fourth-order valence-electron chi connectivity index (χ4n) is 2.40. The van der Waals surface area contributed by atoms with Gasteiger partial charge in [-0.05, 0) is 30.9 Å². The molecule has 0 N–H and O–H groups in total. The lowest BCUT2D eigenvalue weighted by Gasteiger charge is -2.34. The molecule has 2 rings (SSSR count). The second-order valence-electron chi connectivity index (χ2n) is 5.31. The highest BCUT2D eigenvalue weighted by atomic mass is 32.2. The third-order valence-corrected chi connectivity index (χ3v) is 5.01. The Kier molecular flexibility index (Phi) is 4.59. The molecule has 5 nitrogen and oxygen atoms in total. The first kappa shape index (κ1) is 15.2. The van der Waals surface area contributed by atoms with Crippen molar-refractivity contribution in [1.29, 1.82) is 0 Å². The van der Waals surface area contributed by atoms with E-state index in [1.807, 2.05) is 0 Å². The number of hydrogen-bond donors (Lipinski definition) is 0. The third-order valence-electron chi connectivity index (χ3n) is 3.73. The zero-order chi connectivity index (χ0) is 14.8. The van der Waals surface area contributed by atoms with Crippen LogP contribution in [-0.2, 0) is 10.0 Å². The van der Waals surface area contributed by atoms with Crippen molar-refractivity contribution in [2.45, 2.75) is 12.8 Å². The molecule has 0 radical (unpaired) electrons. The van der Waals surface area contributed by atoms with E-state index in [4.69, 9.17) is 0 Å². The minimum Gasteiger partial charge on any atom is -0.357 e. The summed E-state index contributed by atoms with van der Waals surface area (Å²) in [6, 6.07) is 3.09. The summed E-state index contributed by atoms with van der Waals surface area (Å²) in [5.41, 5.74) is 0. The highest BCUT2D eigenvalue weighted by molar-refractivity contribution is 7.88. The third kappa shape index (κ3) is 3.89. The SMILES string of the molecule is CN(CC1CCN(c2ccc(F)cn2)CC1)S(C)(=O)=O. The van der Waals surface area contributed by atoms with Crippen molar-refractivity contribution in [2.24, 2.45) is 5.92 Å². The second kappa shape index (κ2) is 6.05. The molecule has 2 heterocycles. The van der Waals surface area contributed by atoms with Crippen LogP contribution in [0.2, 0.25) is 0 Å². The van der Waals surface area contributed by atoms with E-state index in [1.165, 1.54) is 22.8 Å². The van der Waals surface area contributed by atoms with Crippen LogP contribution in [0.25, 0.3) is 0 Å². The normalized spacial score (nSPS) is 17.7. The molecule has 0 unspecified atom stereocenters. The standard InChI is InChI=1S/C13H20FN3O2S/c1-16(20(2,18)19)10-11-5-7-17(8-6-11)13-4-3-12(14)9-15-13/h3-4,9,11H,5-8,10H2,1-2H3. The van der Waals surface area contributed by atoms with E-state index in [0.717, 1.165) is 31.7 Å². The van der Waals surface area contributed by atoms with Gasteiger partial charge in [-0.2, -0.15) is 0 Å². The van der Waals surface area contributed by atoms with Crippen LogP contribution < -0.4 is 4.90 Å². The van der Waals surface area contributed by atoms with E-state index in [9.17, 15) is 12.8 Å². The predicted molar refractivity (Wildman–Crippen MR) is 76.6 cm³/mol. The van der Waals surface area contributed by atoms with Crippen LogP contribution in [-0.4, -0.2) is 50.6 Å². The Labute approximate surface area is 119 Å². The summed E-state index contributed by atoms with van der Waals surface area (Å²) in [6.07, 6.45) is 4.28. The first-order chi connectivity index (χ1) is 9.36. The summed E-state index contributed by atoms with van der Waals surface area (Å²) in [6.45, 7) is 2.20. The second-order valence-corrected chi connectivity index (χ2v) is 7.40. The molecule has 0 aliphatic carbocycles. The topological polar surface area (TPSA) is 53.5 Å². The molecule has 0 bridgehead atoms. The molecule has 1 aliphatic rings. The number of piperidine rings is 1. The van der Waals surface area contributed by atoms with Crippen LogP contribution in [0.4, 0.5) is 10.2 Å². The molecular formula is C13H20FN3O2S. The van der Waals surface area contributed by atoms with Crippen LogP contribution in [0.1, 0.15) is 12.8 Å². The summed E-state index contributed by atoms with van der Waals surface area (Å²) in [5.74, 6) is 0.811. The van der Waals surface area contributed by atoms with Crippen molar-refractivity contribution in [3.63, 3.8) is 0 Å². The molecule has 1 aromatic heterocycles. The van der Waals surface area contributed by atoms with Gasteiger partial charge in [-0.3, -0.25) is 0 Å². The highest BCUT2D eigenvalue weighted by Gasteiger charge is 2.23. The van der Waals surface area contributed by atoms with Crippen molar-refractivity contribution < 1.29 is 12.8 Å². The Morgan fingerprint density at radius 3 is 2.55 bits per heavy atom. The van der Waals surface area contributed by atoms with Gasteiger partial charge in [0.2, 0.25) is 10.0 Å². The quantitative estimate of drug-likeness (QED) is 0.842. The van der Waals surface area contributed by atoms with Gasteiger partial charge in [-0.25, -0.2) is 22.1 Å². The van der Waals surface area contributed by atoms with E-state index in [0.29, 0.717) is 12.5 Å². The first-order valence-electron chi connectivity index (χ1n) is 6.64. The fraction of sp³-hybridized carbons (Fsp3) is 0.615. The lowest BCUT2D eigenvalue weighted by atomic mass is 9.97. The van der Waals surface area contributed by atoms with Gasteiger partial charge < -0.3 is 4.90 Å². The number of pyridine rings is 1.